The second kappa shape index (κ2) is 5.71. The van der Waals surface area contributed by atoms with Gasteiger partial charge in [0.1, 0.15) is 5.01 Å². The van der Waals surface area contributed by atoms with Crippen molar-refractivity contribution in [2.75, 3.05) is 6.54 Å². The zero-order valence-corrected chi connectivity index (χ0v) is 12.4. The number of rotatable bonds is 5. The normalized spacial score (nSPS) is 17.9. The predicted octanol–water partition coefficient (Wildman–Crippen LogP) is 3.27. The zero-order chi connectivity index (χ0) is 13.1. The summed E-state index contributed by atoms with van der Waals surface area (Å²) in [5.74, 6) is 0. The Hall–Kier alpha value is -0.750. The maximum Gasteiger partial charge on any atom is 0.133 e. The maximum absolute atomic E-state index is 10.3. The fraction of sp³-hybridized carbons (Fsp3) is 0.500. The van der Waals surface area contributed by atoms with Crippen LogP contribution in [0.25, 0.3) is 9.88 Å². The van der Waals surface area contributed by atoms with Gasteiger partial charge in [-0.05, 0) is 24.3 Å². The first-order valence-corrected chi connectivity index (χ1v) is 8.36. The SMILES string of the molecule is OC1(CNCc2cnc(-c3cccs3)s2)CCCC1. The van der Waals surface area contributed by atoms with Gasteiger partial charge in [0, 0.05) is 24.2 Å². The number of aromatic nitrogens is 1. The minimum absolute atomic E-state index is 0.471. The second-order valence-corrected chi connectivity index (χ2v) is 7.21. The summed E-state index contributed by atoms with van der Waals surface area (Å²) >= 11 is 3.45. The minimum Gasteiger partial charge on any atom is -0.389 e. The van der Waals surface area contributed by atoms with Crippen LogP contribution in [0.4, 0.5) is 0 Å². The second-order valence-electron chi connectivity index (χ2n) is 5.14. The van der Waals surface area contributed by atoms with Crippen LogP contribution in [0.1, 0.15) is 30.6 Å². The average Bonchev–Trinajstić information content (AvgIpc) is 3.08. The van der Waals surface area contributed by atoms with E-state index in [1.807, 2.05) is 6.20 Å². The summed E-state index contributed by atoms with van der Waals surface area (Å²) in [6.07, 6.45) is 6.11. The monoisotopic (exact) mass is 294 g/mol. The van der Waals surface area contributed by atoms with Crippen molar-refractivity contribution in [3.8, 4) is 9.88 Å². The molecule has 1 fully saturated rings. The van der Waals surface area contributed by atoms with Crippen LogP contribution >= 0.6 is 22.7 Å². The van der Waals surface area contributed by atoms with Crippen molar-refractivity contribution in [1.82, 2.24) is 10.3 Å². The fourth-order valence-corrected chi connectivity index (χ4v) is 4.22. The summed E-state index contributed by atoms with van der Waals surface area (Å²) in [6, 6.07) is 4.15. The van der Waals surface area contributed by atoms with Gasteiger partial charge in [-0.25, -0.2) is 4.98 Å². The number of thiazole rings is 1. The first-order chi connectivity index (χ1) is 9.25. The van der Waals surface area contributed by atoms with Crippen LogP contribution in [0.3, 0.4) is 0 Å². The highest BCUT2D eigenvalue weighted by molar-refractivity contribution is 7.20. The molecule has 0 amide bonds. The molecule has 0 aliphatic heterocycles. The van der Waals surface area contributed by atoms with Crippen LogP contribution in [0, 0.1) is 0 Å². The molecule has 1 aliphatic rings. The molecule has 0 atom stereocenters. The molecule has 19 heavy (non-hydrogen) atoms. The fourth-order valence-electron chi connectivity index (χ4n) is 2.53. The highest BCUT2D eigenvalue weighted by Gasteiger charge is 2.30. The third-order valence-corrected chi connectivity index (χ3v) is 5.61. The maximum atomic E-state index is 10.3. The van der Waals surface area contributed by atoms with E-state index in [0.29, 0.717) is 6.54 Å². The Bertz CT molecular complexity index is 515. The van der Waals surface area contributed by atoms with Crippen LogP contribution in [0.5, 0.6) is 0 Å². The van der Waals surface area contributed by atoms with Gasteiger partial charge in [-0.2, -0.15) is 0 Å². The molecule has 5 heteroatoms. The topological polar surface area (TPSA) is 45.1 Å². The van der Waals surface area contributed by atoms with E-state index < -0.39 is 5.60 Å². The largest absolute Gasteiger partial charge is 0.389 e. The highest BCUT2D eigenvalue weighted by atomic mass is 32.1. The Labute approximate surface area is 121 Å². The van der Waals surface area contributed by atoms with Crippen molar-refractivity contribution in [2.45, 2.75) is 37.8 Å². The summed E-state index contributed by atoms with van der Waals surface area (Å²) in [7, 11) is 0. The van der Waals surface area contributed by atoms with Gasteiger partial charge in [0.05, 0.1) is 10.5 Å². The zero-order valence-electron chi connectivity index (χ0n) is 10.8. The van der Waals surface area contributed by atoms with Gasteiger partial charge in [-0.3, -0.25) is 0 Å². The van der Waals surface area contributed by atoms with Gasteiger partial charge < -0.3 is 10.4 Å². The van der Waals surface area contributed by atoms with Gasteiger partial charge in [-0.15, -0.1) is 22.7 Å². The van der Waals surface area contributed by atoms with Crippen molar-refractivity contribution >= 4 is 22.7 Å². The van der Waals surface area contributed by atoms with Crippen LogP contribution in [-0.2, 0) is 6.54 Å². The van der Waals surface area contributed by atoms with Crippen molar-refractivity contribution in [3.63, 3.8) is 0 Å². The first kappa shape index (κ1) is 13.2. The lowest BCUT2D eigenvalue weighted by Crippen LogP contribution is -2.37. The molecule has 3 rings (SSSR count). The van der Waals surface area contributed by atoms with Crippen molar-refractivity contribution < 1.29 is 5.11 Å². The van der Waals surface area contributed by atoms with Crippen LogP contribution in [-0.4, -0.2) is 22.2 Å². The molecule has 2 aromatic heterocycles. The predicted molar refractivity (Wildman–Crippen MR) is 80.6 cm³/mol. The van der Waals surface area contributed by atoms with Crippen molar-refractivity contribution in [3.05, 3.63) is 28.6 Å². The van der Waals surface area contributed by atoms with Gasteiger partial charge in [0.15, 0.2) is 0 Å². The lowest BCUT2D eigenvalue weighted by Gasteiger charge is -2.22. The number of aliphatic hydroxyl groups is 1. The van der Waals surface area contributed by atoms with Crippen molar-refractivity contribution in [1.29, 1.82) is 0 Å². The minimum atomic E-state index is -0.471. The molecular weight excluding hydrogens is 276 g/mol. The first-order valence-electron chi connectivity index (χ1n) is 6.67. The molecule has 0 radical (unpaired) electrons. The summed E-state index contributed by atoms with van der Waals surface area (Å²) in [4.78, 5) is 6.91. The quantitative estimate of drug-likeness (QED) is 0.889. The molecule has 2 N–H and O–H groups in total. The van der Waals surface area contributed by atoms with Crippen LogP contribution < -0.4 is 5.32 Å². The smallest absolute Gasteiger partial charge is 0.133 e. The Morgan fingerprint density at radius 1 is 1.37 bits per heavy atom. The molecule has 0 bridgehead atoms. The Balaban J connectivity index is 1.53. The highest BCUT2D eigenvalue weighted by Crippen LogP contribution is 2.30. The van der Waals surface area contributed by atoms with E-state index >= 15 is 0 Å². The Morgan fingerprint density at radius 3 is 2.95 bits per heavy atom. The third kappa shape index (κ3) is 3.23. The summed E-state index contributed by atoms with van der Waals surface area (Å²) in [6.45, 7) is 1.49. The average molecular weight is 294 g/mol. The Morgan fingerprint density at radius 2 is 2.21 bits per heavy atom. The van der Waals surface area contributed by atoms with E-state index in [2.05, 4.69) is 27.8 Å². The van der Waals surface area contributed by atoms with Gasteiger partial charge in [-0.1, -0.05) is 18.9 Å². The molecule has 0 saturated heterocycles. The van der Waals surface area contributed by atoms with Crippen LogP contribution in [0.2, 0.25) is 0 Å². The molecular formula is C14H18N2OS2. The van der Waals surface area contributed by atoms with Crippen molar-refractivity contribution in [2.24, 2.45) is 0 Å². The summed E-state index contributed by atoms with van der Waals surface area (Å²) < 4.78 is 0. The number of hydrogen-bond acceptors (Lipinski definition) is 5. The summed E-state index contributed by atoms with van der Waals surface area (Å²) in [5.41, 5.74) is -0.471. The van der Waals surface area contributed by atoms with E-state index in [9.17, 15) is 5.11 Å². The van der Waals surface area contributed by atoms with E-state index in [-0.39, 0.29) is 0 Å². The van der Waals surface area contributed by atoms with Gasteiger partial charge in [0.2, 0.25) is 0 Å². The Kier molecular flexibility index (Phi) is 3.98. The third-order valence-electron chi connectivity index (χ3n) is 3.57. The standard InChI is InChI=1S/C14H18N2OS2/c17-14(5-1-2-6-14)10-15-8-11-9-16-13(19-11)12-4-3-7-18-12/h3-4,7,9,15,17H,1-2,5-6,8,10H2. The molecule has 0 spiro atoms. The number of thiophene rings is 1. The molecule has 3 nitrogen and oxygen atoms in total. The summed E-state index contributed by atoms with van der Waals surface area (Å²) in [5, 5.41) is 16.8. The van der Waals surface area contributed by atoms with Gasteiger partial charge in [0.25, 0.3) is 0 Å². The van der Waals surface area contributed by atoms with Gasteiger partial charge >= 0.3 is 0 Å². The van der Waals surface area contributed by atoms with E-state index in [1.165, 1.54) is 9.75 Å². The lowest BCUT2D eigenvalue weighted by atomic mass is 10.0. The van der Waals surface area contributed by atoms with E-state index in [1.54, 1.807) is 22.7 Å². The number of hydrogen-bond donors (Lipinski definition) is 2. The number of nitrogens with one attached hydrogen (secondary N) is 1. The lowest BCUT2D eigenvalue weighted by molar-refractivity contribution is 0.0475. The molecule has 0 unspecified atom stereocenters. The van der Waals surface area contributed by atoms with E-state index in [0.717, 1.165) is 37.2 Å². The molecule has 2 aromatic rings. The van der Waals surface area contributed by atoms with Crippen LogP contribution in [0.15, 0.2) is 23.7 Å². The van der Waals surface area contributed by atoms with E-state index in [4.69, 9.17) is 0 Å². The molecule has 1 saturated carbocycles. The molecule has 102 valence electrons. The number of nitrogens with zero attached hydrogens (tertiary/aromatic N) is 1. The molecule has 2 heterocycles. The molecule has 1 aliphatic carbocycles. The molecule has 0 aromatic carbocycles.